The van der Waals surface area contributed by atoms with Gasteiger partial charge in [0.15, 0.2) is 0 Å². The molecule has 0 amide bonds. The normalized spacial score (nSPS) is 12.3. The largest absolute Gasteiger partial charge is 0.399 e. The number of nitrogen functional groups attached to an aromatic ring is 2. The maximum atomic E-state index is 10.9. The molecule has 1 atom stereocenters. The molecule has 1 unspecified atom stereocenters. The standard InChI is InChI=1S/C20H18N4O2S2/c21-15-6-4-13(5-7-15)17-11-27-19-16(10-23-20(22)18(17)19)14-3-1-2-12(8-14)9-24-28(25)26/h1-8,10-11,24H,9,21H2,(H2,22,23)(H,25,26). The highest BCUT2D eigenvalue weighted by Gasteiger charge is 2.15. The van der Waals surface area contributed by atoms with Crippen molar-refractivity contribution in [3.05, 3.63) is 65.7 Å². The van der Waals surface area contributed by atoms with Crippen molar-refractivity contribution in [2.24, 2.45) is 0 Å². The number of benzene rings is 2. The predicted octanol–water partition coefficient (Wildman–Crippen LogP) is 4.02. The first-order chi connectivity index (χ1) is 13.5. The number of thiophene rings is 1. The molecular formula is C20H18N4O2S2. The lowest BCUT2D eigenvalue weighted by atomic mass is 10.0. The number of aromatic nitrogens is 1. The topological polar surface area (TPSA) is 114 Å². The van der Waals surface area contributed by atoms with Crippen molar-refractivity contribution in [1.29, 1.82) is 0 Å². The molecule has 142 valence electrons. The van der Waals surface area contributed by atoms with Crippen molar-refractivity contribution in [2.45, 2.75) is 6.54 Å². The summed E-state index contributed by atoms with van der Waals surface area (Å²) in [7, 11) is 0. The molecule has 6 N–H and O–H groups in total. The van der Waals surface area contributed by atoms with Crippen molar-refractivity contribution in [2.75, 3.05) is 11.5 Å². The third kappa shape index (κ3) is 3.63. The van der Waals surface area contributed by atoms with Crippen LogP contribution in [-0.4, -0.2) is 13.7 Å². The second kappa shape index (κ2) is 7.69. The molecule has 4 aromatic rings. The molecule has 0 aliphatic rings. The number of nitrogens with two attached hydrogens (primary N) is 2. The second-order valence-corrected chi connectivity index (χ2v) is 7.97. The number of hydrogen-bond donors (Lipinski definition) is 4. The zero-order valence-corrected chi connectivity index (χ0v) is 16.4. The minimum Gasteiger partial charge on any atom is -0.399 e. The van der Waals surface area contributed by atoms with Crippen LogP contribution in [-0.2, 0) is 17.8 Å². The first kappa shape index (κ1) is 18.6. The summed E-state index contributed by atoms with van der Waals surface area (Å²) in [6, 6.07) is 15.5. The van der Waals surface area contributed by atoms with E-state index in [1.165, 1.54) is 0 Å². The quantitative estimate of drug-likeness (QED) is 0.293. The van der Waals surface area contributed by atoms with Gasteiger partial charge in [-0.25, -0.2) is 13.9 Å². The Labute approximate surface area is 168 Å². The van der Waals surface area contributed by atoms with Gasteiger partial charge in [0.25, 0.3) is 0 Å². The summed E-state index contributed by atoms with van der Waals surface area (Å²) < 4.78 is 23.4. The first-order valence-corrected chi connectivity index (χ1v) is 10.5. The van der Waals surface area contributed by atoms with Crippen LogP contribution in [0, 0.1) is 0 Å². The molecular weight excluding hydrogens is 392 g/mol. The molecule has 2 aromatic carbocycles. The van der Waals surface area contributed by atoms with E-state index in [1.54, 1.807) is 17.5 Å². The van der Waals surface area contributed by atoms with Gasteiger partial charge >= 0.3 is 0 Å². The molecule has 0 aliphatic heterocycles. The average Bonchev–Trinajstić information content (AvgIpc) is 3.13. The fourth-order valence-corrected chi connectivity index (χ4v) is 4.55. The Balaban J connectivity index is 1.81. The predicted molar refractivity (Wildman–Crippen MR) is 117 cm³/mol. The molecule has 28 heavy (non-hydrogen) atoms. The molecule has 0 radical (unpaired) electrons. The Kier molecular flexibility index (Phi) is 5.10. The molecule has 0 saturated carbocycles. The SMILES string of the molecule is Nc1ccc(-c2csc3c(-c4cccc(CNS(=O)O)c4)cnc(N)c23)cc1. The number of pyridine rings is 1. The fraction of sp³-hybridized carbons (Fsp3) is 0.0500. The van der Waals surface area contributed by atoms with E-state index in [9.17, 15) is 4.21 Å². The van der Waals surface area contributed by atoms with Crippen molar-refractivity contribution >= 4 is 44.2 Å². The van der Waals surface area contributed by atoms with E-state index in [-0.39, 0.29) is 0 Å². The van der Waals surface area contributed by atoms with Gasteiger partial charge in [0, 0.05) is 39.6 Å². The van der Waals surface area contributed by atoms with Gasteiger partial charge in [-0.15, -0.1) is 11.3 Å². The number of nitrogens with zero attached hydrogens (tertiary/aromatic N) is 1. The third-order valence-corrected chi connectivity index (χ3v) is 5.89. The minimum absolute atomic E-state index is 0.295. The first-order valence-electron chi connectivity index (χ1n) is 8.48. The van der Waals surface area contributed by atoms with Crippen LogP contribution in [0.25, 0.3) is 32.3 Å². The molecule has 0 fully saturated rings. The minimum atomic E-state index is -2.05. The summed E-state index contributed by atoms with van der Waals surface area (Å²) in [6.45, 7) is 0.295. The fourth-order valence-electron chi connectivity index (χ4n) is 3.14. The number of fused-ring (bicyclic) bond motifs is 1. The molecule has 2 aromatic heterocycles. The highest BCUT2D eigenvalue weighted by Crippen LogP contribution is 2.41. The van der Waals surface area contributed by atoms with Crippen molar-refractivity contribution in [3.63, 3.8) is 0 Å². The van der Waals surface area contributed by atoms with E-state index in [0.717, 1.165) is 37.9 Å². The zero-order valence-electron chi connectivity index (χ0n) is 14.8. The number of anilines is 2. The summed E-state index contributed by atoms with van der Waals surface area (Å²) in [4.78, 5) is 4.42. The molecule has 2 heterocycles. The van der Waals surface area contributed by atoms with E-state index in [4.69, 9.17) is 16.0 Å². The molecule has 0 saturated heterocycles. The van der Waals surface area contributed by atoms with Gasteiger partial charge in [-0.05, 0) is 40.3 Å². The van der Waals surface area contributed by atoms with Crippen LogP contribution in [0.4, 0.5) is 11.5 Å². The molecule has 0 bridgehead atoms. The average molecular weight is 411 g/mol. The van der Waals surface area contributed by atoms with Crippen LogP contribution < -0.4 is 16.2 Å². The lowest BCUT2D eigenvalue weighted by Gasteiger charge is -2.09. The monoisotopic (exact) mass is 410 g/mol. The van der Waals surface area contributed by atoms with Crippen molar-refractivity contribution < 1.29 is 8.76 Å². The van der Waals surface area contributed by atoms with Crippen LogP contribution in [0.2, 0.25) is 0 Å². The summed E-state index contributed by atoms with van der Waals surface area (Å²) >= 11 is -0.431. The van der Waals surface area contributed by atoms with E-state index in [0.29, 0.717) is 18.1 Å². The van der Waals surface area contributed by atoms with Crippen LogP contribution in [0.3, 0.4) is 0 Å². The maximum Gasteiger partial charge on any atom is 0.232 e. The highest BCUT2D eigenvalue weighted by atomic mass is 32.2. The van der Waals surface area contributed by atoms with Crippen LogP contribution >= 0.6 is 11.3 Å². The smallest absolute Gasteiger partial charge is 0.232 e. The second-order valence-electron chi connectivity index (χ2n) is 6.30. The van der Waals surface area contributed by atoms with E-state index in [2.05, 4.69) is 15.1 Å². The van der Waals surface area contributed by atoms with Gasteiger partial charge in [-0.2, -0.15) is 0 Å². The number of hydrogen-bond acceptors (Lipinski definition) is 5. The Morgan fingerprint density at radius 3 is 2.61 bits per heavy atom. The summed E-state index contributed by atoms with van der Waals surface area (Å²) in [5, 5.41) is 3.00. The van der Waals surface area contributed by atoms with E-state index >= 15 is 0 Å². The Morgan fingerprint density at radius 2 is 1.86 bits per heavy atom. The molecule has 8 heteroatoms. The highest BCUT2D eigenvalue weighted by molar-refractivity contribution is 7.77. The Hall–Kier alpha value is -2.78. The van der Waals surface area contributed by atoms with Crippen LogP contribution in [0.5, 0.6) is 0 Å². The van der Waals surface area contributed by atoms with Gasteiger partial charge in [-0.3, -0.25) is 4.55 Å². The molecule has 0 spiro atoms. The van der Waals surface area contributed by atoms with Crippen molar-refractivity contribution in [1.82, 2.24) is 9.71 Å². The van der Waals surface area contributed by atoms with Crippen LogP contribution in [0.1, 0.15) is 5.56 Å². The van der Waals surface area contributed by atoms with Gasteiger partial charge in [0.1, 0.15) is 5.82 Å². The third-order valence-electron chi connectivity index (χ3n) is 4.48. The molecule has 6 nitrogen and oxygen atoms in total. The molecule has 4 rings (SSSR count). The van der Waals surface area contributed by atoms with Gasteiger partial charge in [0.2, 0.25) is 11.3 Å². The molecule has 0 aliphatic carbocycles. The maximum absolute atomic E-state index is 10.9. The lowest BCUT2D eigenvalue weighted by molar-refractivity contribution is 0.548. The summed E-state index contributed by atoms with van der Waals surface area (Å²) in [5.74, 6) is 0.486. The van der Waals surface area contributed by atoms with Crippen molar-refractivity contribution in [3.8, 4) is 22.3 Å². The number of rotatable bonds is 5. The van der Waals surface area contributed by atoms with E-state index < -0.39 is 11.3 Å². The zero-order chi connectivity index (χ0) is 19.7. The van der Waals surface area contributed by atoms with Crippen LogP contribution in [0.15, 0.2) is 60.1 Å². The van der Waals surface area contributed by atoms with Gasteiger partial charge in [-0.1, -0.05) is 30.3 Å². The van der Waals surface area contributed by atoms with Gasteiger partial charge in [0.05, 0.1) is 0 Å². The van der Waals surface area contributed by atoms with Gasteiger partial charge < -0.3 is 11.5 Å². The number of nitrogens with one attached hydrogen (secondary N) is 1. The summed E-state index contributed by atoms with van der Waals surface area (Å²) in [6.07, 6.45) is 1.78. The lowest BCUT2D eigenvalue weighted by Crippen LogP contribution is -2.15. The summed E-state index contributed by atoms with van der Waals surface area (Å²) in [5.41, 5.74) is 17.7. The Morgan fingerprint density at radius 1 is 1.07 bits per heavy atom. The Bertz CT molecular complexity index is 1170. The van der Waals surface area contributed by atoms with E-state index in [1.807, 2.05) is 48.5 Å².